The highest BCUT2D eigenvalue weighted by Gasteiger charge is 2.22. The minimum Gasteiger partial charge on any atom is -0.760 e. The van der Waals surface area contributed by atoms with Crippen LogP contribution in [0.5, 0.6) is 0 Å². The van der Waals surface area contributed by atoms with Gasteiger partial charge in [0.2, 0.25) is 0 Å². The van der Waals surface area contributed by atoms with Crippen LogP contribution in [-0.4, -0.2) is 19.9 Å². The molecule has 1 aromatic heterocycles. The largest absolute Gasteiger partial charge is 0.760 e. The van der Waals surface area contributed by atoms with Crippen molar-refractivity contribution in [1.29, 1.82) is 0 Å². The van der Waals surface area contributed by atoms with Gasteiger partial charge in [0.05, 0.1) is 12.1 Å². The van der Waals surface area contributed by atoms with Gasteiger partial charge in [0.15, 0.2) is 0 Å². The zero-order chi connectivity index (χ0) is 23.5. The highest BCUT2D eigenvalue weighted by molar-refractivity contribution is 7.76. The molecule has 0 aliphatic rings. The van der Waals surface area contributed by atoms with E-state index in [1.165, 1.54) is 12.1 Å². The fourth-order valence-electron chi connectivity index (χ4n) is 3.72. The monoisotopic (exact) mass is 504 g/mol. The van der Waals surface area contributed by atoms with Crippen molar-refractivity contribution in [1.82, 2.24) is 4.57 Å². The summed E-state index contributed by atoms with van der Waals surface area (Å²) >= 11 is 3.80. The highest BCUT2D eigenvalue weighted by Crippen LogP contribution is 2.41. The van der Waals surface area contributed by atoms with Crippen molar-refractivity contribution in [3.05, 3.63) is 69.4 Å². The van der Waals surface area contributed by atoms with Crippen molar-refractivity contribution in [3.63, 3.8) is 0 Å². The zero-order valence-corrected chi connectivity index (χ0v) is 20.6. The Bertz CT molecular complexity index is 1180. The molecule has 2 aromatic carbocycles. The second kappa shape index (κ2) is 11.9. The standard InChI is InChI=1S/C22H23ClF2N2.ClH.H3NO2S/c1-12-5-6-13(2)20(14(12)3)21-15(4)27(11-17(24)7-8-26)22-18(21)9-16(23)10-19(22)25;;1-4(2)3/h5-7,9-10H,8,11,26H2,1-4H3;1H;1H2,(H,2,3)/p-1. The molecule has 0 aliphatic heterocycles. The smallest absolute Gasteiger partial charge is 0.148 e. The summed E-state index contributed by atoms with van der Waals surface area (Å²) in [7, 11) is 0. The molecule has 3 aromatic rings. The summed E-state index contributed by atoms with van der Waals surface area (Å²) in [6, 6.07) is 7.14. The number of nitrogens with two attached hydrogens (primary N) is 2. The van der Waals surface area contributed by atoms with E-state index >= 15 is 0 Å². The van der Waals surface area contributed by atoms with Crippen LogP contribution in [0.2, 0.25) is 5.02 Å². The Morgan fingerprint density at radius 3 is 2.31 bits per heavy atom. The fourth-order valence-corrected chi connectivity index (χ4v) is 3.93. The van der Waals surface area contributed by atoms with Crippen molar-refractivity contribution in [2.45, 2.75) is 34.2 Å². The molecule has 0 saturated heterocycles. The summed E-state index contributed by atoms with van der Waals surface area (Å²) in [5.41, 5.74) is 11.9. The minimum absolute atomic E-state index is 0. The molecule has 1 atom stereocenters. The van der Waals surface area contributed by atoms with E-state index in [9.17, 15) is 8.78 Å². The highest BCUT2D eigenvalue weighted by atomic mass is 35.5. The Balaban J connectivity index is 0.000000945. The Morgan fingerprint density at radius 2 is 1.75 bits per heavy atom. The third kappa shape index (κ3) is 6.15. The van der Waals surface area contributed by atoms with E-state index in [0.717, 1.165) is 33.5 Å². The molecule has 3 rings (SSSR count). The van der Waals surface area contributed by atoms with Gasteiger partial charge in [-0.25, -0.2) is 8.78 Å². The molecule has 0 aliphatic carbocycles. The summed E-state index contributed by atoms with van der Waals surface area (Å²) in [6.07, 6.45) is 1.31. The molecular formula is C22H26Cl2F2N3O2S-. The van der Waals surface area contributed by atoms with Crippen LogP contribution < -0.4 is 10.9 Å². The second-order valence-corrected chi connectivity index (χ2v) is 8.13. The van der Waals surface area contributed by atoms with Crippen molar-refractivity contribution < 1.29 is 17.5 Å². The van der Waals surface area contributed by atoms with Gasteiger partial charge < -0.3 is 14.9 Å². The molecule has 5 nitrogen and oxygen atoms in total. The molecule has 0 fully saturated rings. The van der Waals surface area contributed by atoms with Crippen LogP contribution in [0.3, 0.4) is 0 Å². The maximum absolute atomic E-state index is 14.9. The number of rotatable bonds is 4. The van der Waals surface area contributed by atoms with Crippen LogP contribution in [0.1, 0.15) is 22.4 Å². The van der Waals surface area contributed by atoms with Gasteiger partial charge in [-0.05, 0) is 68.2 Å². The lowest BCUT2D eigenvalue weighted by Gasteiger charge is -2.14. The number of fused-ring (bicyclic) bond motifs is 1. The summed E-state index contributed by atoms with van der Waals surface area (Å²) in [4.78, 5) is 0. The van der Waals surface area contributed by atoms with Gasteiger partial charge in [-0.2, -0.15) is 0 Å². The SMILES string of the molecule is Cc1ccc(C)c(-c2c(C)n(CC(F)=CCN)c3c(F)cc(Cl)cc23)c1C.Cl.NS(=O)[O-]. The molecular weight excluding hydrogens is 479 g/mol. The Morgan fingerprint density at radius 1 is 1.19 bits per heavy atom. The van der Waals surface area contributed by atoms with Crippen LogP contribution in [0, 0.1) is 33.5 Å². The molecule has 0 radical (unpaired) electrons. The number of nitrogens with zero attached hydrogens (tertiary/aromatic N) is 1. The van der Waals surface area contributed by atoms with Crippen LogP contribution in [-0.2, 0) is 17.8 Å². The van der Waals surface area contributed by atoms with Gasteiger partial charge in [0.25, 0.3) is 0 Å². The average Bonchev–Trinajstić information content (AvgIpc) is 2.91. The van der Waals surface area contributed by atoms with Crippen LogP contribution in [0.4, 0.5) is 8.78 Å². The number of benzene rings is 2. The van der Waals surface area contributed by atoms with E-state index in [-0.39, 0.29) is 25.5 Å². The number of aromatic nitrogens is 1. The number of allylic oxidation sites excluding steroid dienone is 1. The lowest BCUT2D eigenvalue weighted by Crippen LogP contribution is -2.04. The third-order valence-electron chi connectivity index (χ3n) is 5.18. The van der Waals surface area contributed by atoms with Gasteiger partial charge >= 0.3 is 0 Å². The third-order valence-corrected chi connectivity index (χ3v) is 5.40. The van der Waals surface area contributed by atoms with E-state index in [2.05, 4.69) is 24.2 Å². The molecule has 32 heavy (non-hydrogen) atoms. The lowest BCUT2D eigenvalue weighted by molar-refractivity contribution is 0.538. The molecule has 0 saturated carbocycles. The first-order chi connectivity index (χ1) is 14.5. The first-order valence-electron chi connectivity index (χ1n) is 9.42. The van der Waals surface area contributed by atoms with E-state index in [1.807, 2.05) is 20.8 Å². The molecule has 176 valence electrons. The van der Waals surface area contributed by atoms with Crippen LogP contribution in [0.25, 0.3) is 22.0 Å². The molecule has 0 bridgehead atoms. The summed E-state index contributed by atoms with van der Waals surface area (Å²) < 4.78 is 48.3. The first kappa shape index (κ1) is 28.2. The van der Waals surface area contributed by atoms with E-state index < -0.39 is 22.9 Å². The second-order valence-electron chi connectivity index (χ2n) is 7.18. The normalized spacial score (nSPS) is 12.2. The van der Waals surface area contributed by atoms with Crippen LogP contribution >= 0.6 is 24.0 Å². The Hall–Kier alpha value is -1.81. The van der Waals surface area contributed by atoms with E-state index in [4.69, 9.17) is 26.1 Å². The summed E-state index contributed by atoms with van der Waals surface area (Å²) in [5, 5.41) is 5.04. The molecule has 1 unspecified atom stereocenters. The summed E-state index contributed by atoms with van der Waals surface area (Å²) in [6.45, 7) is 8.04. The first-order valence-corrected chi connectivity index (χ1v) is 10.9. The maximum atomic E-state index is 14.9. The van der Waals surface area contributed by atoms with E-state index in [0.29, 0.717) is 15.9 Å². The fraction of sp³-hybridized carbons (Fsp3) is 0.273. The van der Waals surface area contributed by atoms with Gasteiger partial charge in [-0.1, -0.05) is 23.7 Å². The van der Waals surface area contributed by atoms with Crippen molar-refractivity contribution in [2.75, 3.05) is 6.54 Å². The number of halogens is 4. The Labute approximate surface area is 200 Å². The van der Waals surface area contributed by atoms with Gasteiger partial charge in [-0.3, -0.25) is 9.35 Å². The minimum atomic E-state index is -2.36. The number of hydrogen-bond donors (Lipinski definition) is 2. The number of aryl methyl sites for hydroxylation is 2. The summed E-state index contributed by atoms with van der Waals surface area (Å²) in [5.74, 6) is -0.855. The predicted molar refractivity (Wildman–Crippen MR) is 130 cm³/mol. The van der Waals surface area contributed by atoms with Crippen molar-refractivity contribution in [2.24, 2.45) is 10.9 Å². The zero-order valence-electron chi connectivity index (χ0n) is 18.2. The quantitative estimate of drug-likeness (QED) is 0.471. The molecule has 10 heteroatoms. The number of hydrogen-bond acceptors (Lipinski definition) is 3. The van der Waals surface area contributed by atoms with Crippen molar-refractivity contribution >= 4 is 46.2 Å². The van der Waals surface area contributed by atoms with Crippen LogP contribution in [0.15, 0.2) is 36.2 Å². The molecule has 4 N–H and O–H groups in total. The molecule has 0 amide bonds. The van der Waals surface area contributed by atoms with Crippen molar-refractivity contribution in [3.8, 4) is 11.1 Å². The lowest BCUT2D eigenvalue weighted by atomic mass is 9.91. The van der Waals surface area contributed by atoms with E-state index in [1.54, 1.807) is 10.6 Å². The molecule has 0 spiro atoms. The van der Waals surface area contributed by atoms with Gasteiger partial charge in [0, 0.05) is 39.5 Å². The molecule has 1 heterocycles. The average molecular weight is 505 g/mol. The predicted octanol–water partition coefficient (Wildman–Crippen LogP) is 5.31. The Kier molecular flexibility index (Phi) is 10.5. The topological polar surface area (TPSA) is 97.1 Å². The van der Waals surface area contributed by atoms with Gasteiger partial charge in [0.1, 0.15) is 11.6 Å². The van der Waals surface area contributed by atoms with Gasteiger partial charge in [-0.15, -0.1) is 12.4 Å². The maximum Gasteiger partial charge on any atom is 0.148 e.